The molecule has 6 heteroatoms. The number of nitrogens with zero attached hydrogens (tertiary/aromatic N) is 4. The fraction of sp³-hybridized carbons (Fsp3) is 0.286. The lowest BCUT2D eigenvalue weighted by Gasteiger charge is -2.19. The first-order chi connectivity index (χ1) is 13.3. The van der Waals surface area contributed by atoms with Gasteiger partial charge in [-0.3, -0.25) is 9.56 Å². The highest BCUT2D eigenvalue weighted by molar-refractivity contribution is 5.79. The highest BCUT2D eigenvalue weighted by Crippen LogP contribution is 2.47. The van der Waals surface area contributed by atoms with Crippen LogP contribution in [0.5, 0.6) is 0 Å². The molecule has 1 aliphatic rings. The second-order valence-electron chi connectivity index (χ2n) is 6.92. The fourth-order valence-corrected chi connectivity index (χ4v) is 3.28. The van der Waals surface area contributed by atoms with Gasteiger partial charge in [-0.15, -0.1) is 0 Å². The van der Waals surface area contributed by atoms with Crippen LogP contribution in [0, 0.1) is 0 Å². The maximum Gasteiger partial charge on any atom is 0.191 e. The van der Waals surface area contributed by atoms with E-state index in [2.05, 4.69) is 55.9 Å². The van der Waals surface area contributed by atoms with Gasteiger partial charge in [0.2, 0.25) is 0 Å². The minimum atomic E-state index is 0.254. The molecule has 0 saturated heterocycles. The van der Waals surface area contributed by atoms with E-state index < -0.39 is 0 Å². The summed E-state index contributed by atoms with van der Waals surface area (Å²) in [5.74, 6) is 1.67. The lowest BCUT2D eigenvalue weighted by molar-refractivity contribution is 0.645. The molecule has 6 nitrogen and oxygen atoms in total. The number of nitrogens with one attached hydrogen (secondary N) is 2. The van der Waals surface area contributed by atoms with Gasteiger partial charge in [0.25, 0.3) is 0 Å². The molecule has 2 aromatic heterocycles. The van der Waals surface area contributed by atoms with Gasteiger partial charge in [-0.05, 0) is 36.1 Å². The quantitative estimate of drug-likeness (QED) is 0.524. The average Bonchev–Trinajstić information content (AvgIpc) is 3.32. The largest absolute Gasteiger partial charge is 0.356 e. The molecular weight excluding hydrogens is 336 g/mol. The Morgan fingerprint density at radius 3 is 2.70 bits per heavy atom. The number of benzene rings is 1. The summed E-state index contributed by atoms with van der Waals surface area (Å²) in [5, 5.41) is 6.89. The predicted molar refractivity (Wildman–Crippen MR) is 107 cm³/mol. The topological polar surface area (TPSA) is 67.1 Å². The Morgan fingerprint density at radius 2 is 2.00 bits per heavy atom. The Bertz CT molecular complexity index is 897. The molecule has 0 bridgehead atoms. The van der Waals surface area contributed by atoms with Crippen molar-refractivity contribution in [1.82, 2.24) is 25.2 Å². The van der Waals surface area contributed by atoms with Crippen LogP contribution in [0.15, 0.2) is 72.4 Å². The molecule has 1 aliphatic carbocycles. The summed E-state index contributed by atoms with van der Waals surface area (Å²) in [5.41, 5.74) is 2.80. The first-order valence-corrected chi connectivity index (χ1v) is 9.22. The third-order valence-corrected chi connectivity index (χ3v) is 5.10. The molecule has 0 aliphatic heterocycles. The van der Waals surface area contributed by atoms with Crippen LogP contribution in [0.4, 0.5) is 0 Å². The zero-order valence-electron chi connectivity index (χ0n) is 15.5. The minimum Gasteiger partial charge on any atom is -0.356 e. The van der Waals surface area contributed by atoms with Gasteiger partial charge in [0, 0.05) is 44.1 Å². The summed E-state index contributed by atoms with van der Waals surface area (Å²) in [4.78, 5) is 12.8. The molecule has 1 saturated carbocycles. The van der Waals surface area contributed by atoms with Crippen molar-refractivity contribution in [2.75, 3.05) is 13.6 Å². The SMILES string of the molecule is CN=C(NCc1ccnc(-n2ccnc2)c1)NCC1(c2ccccc2)CC1. The van der Waals surface area contributed by atoms with E-state index in [1.807, 2.05) is 29.1 Å². The maximum absolute atomic E-state index is 4.39. The van der Waals surface area contributed by atoms with Crippen LogP contribution in [-0.2, 0) is 12.0 Å². The van der Waals surface area contributed by atoms with Gasteiger partial charge in [0.05, 0.1) is 0 Å². The molecule has 4 rings (SSSR count). The van der Waals surface area contributed by atoms with Gasteiger partial charge in [-0.25, -0.2) is 9.97 Å². The molecule has 0 unspecified atom stereocenters. The van der Waals surface area contributed by atoms with Crippen LogP contribution in [0.2, 0.25) is 0 Å². The molecule has 1 fully saturated rings. The zero-order valence-corrected chi connectivity index (χ0v) is 15.5. The molecule has 0 amide bonds. The van der Waals surface area contributed by atoms with Gasteiger partial charge in [0.1, 0.15) is 12.1 Å². The van der Waals surface area contributed by atoms with Crippen molar-refractivity contribution in [3.8, 4) is 5.82 Å². The van der Waals surface area contributed by atoms with E-state index in [1.165, 1.54) is 18.4 Å². The highest BCUT2D eigenvalue weighted by atomic mass is 15.2. The van der Waals surface area contributed by atoms with Crippen molar-refractivity contribution >= 4 is 5.96 Å². The van der Waals surface area contributed by atoms with E-state index in [4.69, 9.17) is 0 Å². The molecule has 2 N–H and O–H groups in total. The van der Waals surface area contributed by atoms with Gasteiger partial charge in [0.15, 0.2) is 5.96 Å². The number of guanidine groups is 1. The number of aliphatic imine (C=N–C) groups is 1. The summed E-state index contributed by atoms with van der Waals surface area (Å²) in [7, 11) is 1.81. The summed E-state index contributed by atoms with van der Waals surface area (Å²) in [6.45, 7) is 1.58. The highest BCUT2D eigenvalue weighted by Gasteiger charge is 2.43. The van der Waals surface area contributed by atoms with Gasteiger partial charge in [-0.2, -0.15) is 0 Å². The average molecular weight is 360 g/mol. The summed E-state index contributed by atoms with van der Waals surface area (Å²) in [6, 6.07) is 14.8. The molecule has 0 radical (unpaired) electrons. The summed E-state index contributed by atoms with van der Waals surface area (Å²) >= 11 is 0. The third-order valence-electron chi connectivity index (χ3n) is 5.10. The summed E-state index contributed by atoms with van der Waals surface area (Å²) < 4.78 is 1.90. The lowest BCUT2D eigenvalue weighted by Crippen LogP contribution is -2.40. The van der Waals surface area contributed by atoms with E-state index in [1.54, 1.807) is 19.6 Å². The second kappa shape index (κ2) is 7.61. The molecule has 0 atom stereocenters. The van der Waals surface area contributed by atoms with Crippen molar-refractivity contribution in [3.63, 3.8) is 0 Å². The van der Waals surface area contributed by atoms with Gasteiger partial charge >= 0.3 is 0 Å². The van der Waals surface area contributed by atoms with Crippen molar-refractivity contribution in [2.24, 2.45) is 4.99 Å². The first-order valence-electron chi connectivity index (χ1n) is 9.22. The Hall–Kier alpha value is -3.15. The van der Waals surface area contributed by atoms with Crippen molar-refractivity contribution in [1.29, 1.82) is 0 Å². The number of hydrogen-bond acceptors (Lipinski definition) is 3. The normalized spacial score (nSPS) is 15.4. The van der Waals surface area contributed by atoms with Crippen LogP contribution < -0.4 is 10.6 Å². The van der Waals surface area contributed by atoms with E-state index in [-0.39, 0.29) is 5.41 Å². The van der Waals surface area contributed by atoms with Gasteiger partial charge in [-0.1, -0.05) is 30.3 Å². The Kier molecular flexibility index (Phi) is 4.87. The second-order valence-corrected chi connectivity index (χ2v) is 6.92. The number of pyridine rings is 1. The van der Waals surface area contributed by atoms with Crippen LogP contribution in [0.25, 0.3) is 5.82 Å². The molecule has 1 aromatic carbocycles. The van der Waals surface area contributed by atoms with Gasteiger partial charge < -0.3 is 10.6 Å². The molecule has 3 aromatic rings. The smallest absolute Gasteiger partial charge is 0.191 e. The molecule has 138 valence electrons. The van der Waals surface area contributed by atoms with E-state index in [9.17, 15) is 0 Å². The Morgan fingerprint density at radius 1 is 1.15 bits per heavy atom. The van der Waals surface area contributed by atoms with Crippen LogP contribution in [0.1, 0.15) is 24.0 Å². The first kappa shape index (κ1) is 17.3. The van der Waals surface area contributed by atoms with Crippen LogP contribution in [-0.4, -0.2) is 34.1 Å². The van der Waals surface area contributed by atoms with E-state index >= 15 is 0 Å². The predicted octanol–water partition coefficient (Wildman–Crippen LogP) is 2.66. The molecule has 2 heterocycles. The maximum atomic E-state index is 4.39. The van der Waals surface area contributed by atoms with E-state index in [0.717, 1.165) is 23.9 Å². The van der Waals surface area contributed by atoms with E-state index in [0.29, 0.717) is 6.54 Å². The number of aromatic nitrogens is 3. The fourth-order valence-electron chi connectivity index (χ4n) is 3.28. The number of hydrogen-bond donors (Lipinski definition) is 2. The number of imidazole rings is 1. The lowest BCUT2D eigenvalue weighted by atomic mass is 9.96. The molecule has 27 heavy (non-hydrogen) atoms. The van der Waals surface area contributed by atoms with Crippen molar-refractivity contribution in [2.45, 2.75) is 24.8 Å². The Labute approximate surface area is 159 Å². The van der Waals surface area contributed by atoms with Crippen LogP contribution in [0.3, 0.4) is 0 Å². The Balaban J connectivity index is 1.35. The zero-order chi connectivity index (χ0) is 18.5. The third kappa shape index (κ3) is 4.00. The van der Waals surface area contributed by atoms with Crippen LogP contribution >= 0.6 is 0 Å². The van der Waals surface area contributed by atoms with Crippen molar-refractivity contribution < 1.29 is 0 Å². The minimum absolute atomic E-state index is 0.254. The number of rotatable bonds is 6. The molecular formula is C21H24N6. The monoisotopic (exact) mass is 360 g/mol. The van der Waals surface area contributed by atoms with Crippen molar-refractivity contribution in [3.05, 3.63) is 78.5 Å². The summed E-state index contributed by atoms with van der Waals surface area (Å²) in [6.07, 6.45) is 9.65. The molecule has 0 spiro atoms. The standard InChI is InChI=1S/C21H24N6/c1-22-20(26-15-21(8-9-21)18-5-3-2-4-6-18)25-14-17-7-10-24-19(13-17)27-12-11-23-16-27/h2-7,10-13,16H,8-9,14-15H2,1H3,(H2,22,25,26).